The molecule has 1 atom stereocenters. The topological polar surface area (TPSA) is 75.3 Å². The number of rotatable bonds is 6. The predicted octanol–water partition coefficient (Wildman–Crippen LogP) is 3.74. The molecule has 5 nitrogen and oxygen atoms in total. The molecule has 0 spiro atoms. The second-order valence-corrected chi connectivity index (χ2v) is 8.72. The molecule has 1 amide bonds. The van der Waals surface area contributed by atoms with E-state index in [9.17, 15) is 13.2 Å². The van der Waals surface area contributed by atoms with Gasteiger partial charge in [-0.05, 0) is 48.9 Å². The lowest BCUT2D eigenvalue weighted by Crippen LogP contribution is -2.44. The zero-order valence-corrected chi connectivity index (χ0v) is 17.0. The van der Waals surface area contributed by atoms with Crippen LogP contribution in [0.1, 0.15) is 12.5 Å². The minimum atomic E-state index is -3.79. The van der Waals surface area contributed by atoms with Gasteiger partial charge in [-0.25, -0.2) is 8.42 Å². The van der Waals surface area contributed by atoms with Gasteiger partial charge in [0.1, 0.15) is 0 Å². The number of halogens is 3. The maximum absolute atomic E-state index is 12.3. The number of carbonyl (C=O) groups is 1. The summed E-state index contributed by atoms with van der Waals surface area (Å²) in [7, 11) is -3.79. The lowest BCUT2D eigenvalue weighted by Gasteiger charge is -2.15. The maximum atomic E-state index is 12.3. The van der Waals surface area contributed by atoms with Crippen molar-refractivity contribution >= 4 is 55.1 Å². The Hall–Kier alpha value is -1.12. The third kappa shape index (κ3) is 5.69. The van der Waals surface area contributed by atoms with E-state index in [1.807, 2.05) is 0 Å². The van der Waals surface area contributed by atoms with E-state index in [-0.39, 0.29) is 11.4 Å². The average Bonchev–Trinajstić information content (AvgIpc) is 2.53. The van der Waals surface area contributed by atoms with Crippen molar-refractivity contribution in [2.45, 2.75) is 24.4 Å². The zero-order valence-electron chi connectivity index (χ0n) is 13.1. The van der Waals surface area contributed by atoms with Crippen molar-refractivity contribution in [3.63, 3.8) is 0 Å². The normalized spacial score (nSPS) is 12.6. The highest BCUT2D eigenvalue weighted by molar-refractivity contribution is 9.10. The van der Waals surface area contributed by atoms with Gasteiger partial charge in [-0.15, -0.1) is 0 Å². The Bertz CT molecular complexity index is 873. The Morgan fingerprint density at radius 1 is 1.16 bits per heavy atom. The smallest absolute Gasteiger partial charge is 0.241 e. The van der Waals surface area contributed by atoms with Crippen molar-refractivity contribution in [3.05, 3.63) is 62.5 Å². The molecule has 0 aromatic heterocycles. The summed E-state index contributed by atoms with van der Waals surface area (Å²) in [5.41, 5.74) is 0.683. The number of benzene rings is 2. The minimum absolute atomic E-state index is 0.0797. The summed E-state index contributed by atoms with van der Waals surface area (Å²) in [6.07, 6.45) is 0. The molecule has 0 aliphatic heterocycles. The number of sulfonamides is 1. The second-order valence-electron chi connectivity index (χ2n) is 5.25. The van der Waals surface area contributed by atoms with Gasteiger partial charge >= 0.3 is 0 Å². The van der Waals surface area contributed by atoms with Crippen molar-refractivity contribution in [2.24, 2.45) is 0 Å². The van der Waals surface area contributed by atoms with Crippen LogP contribution < -0.4 is 10.0 Å². The fourth-order valence-electron chi connectivity index (χ4n) is 1.97. The van der Waals surface area contributed by atoms with Gasteiger partial charge in [0.05, 0.1) is 10.9 Å². The molecule has 25 heavy (non-hydrogen) atoms. The van der Waals surface area contributed by atoms with E-state index in [0.29, 0.717) is 15.6 Å². The molecule has 0 aliphatic rings. The average molecular weight is 466 g/mol. The lowest BCUT2D eigenvalue weighted by atomic mass is 10.2. The molecule has 0 fully saturated rings. The SMILES string of the molecule is CC(NS(=O)(=O)c1ccc(Br)cc1)C(=O)NCc1ccc(Cl)cc1Cl. The summed E-state index contributed by atoms with van der Waals surface area (Å²) in [5, 5.41) is 3.56. The van der Waals surface area contributed by atoms with Crippen LogP contribution in [0.5, 0.6) is 0 Å². The minimum Gasteiger partial charge on any atom is -0.351 e. The first-order chi connectivity index (χ1) is 11.7. The third-order valence-electron chi connectivity index (χ3n) is 3.32. The van der Waals surface area contributed by atoms with Gasteiger partial charge in [0.2, 0.25) is 15.9 Å². The number of carbonyl (C=O) groups excluding carboxylic acids is 1. The van der Waals surface area contributed by atoms with E-state index >= 15 is 0 Å². The maximum Gasteiger partial charge on any atom is 0.241 e. The summed E-state index contributed by atoms with van der Waals surface area (Å²) in [6.45, 7) is 1.63. The fourth-order valence-corrected chi connectivity index (χ4v) is 3.91. The fraction of sp³-hybridized carbons (Fsp3) is 0.188. The Morgan fingerprint density at radius 2 is 1.80 bits per heavy atom. The first kappa shape index (κ1) is 20.2. The Kier molecular flexibility index (Phi) is 6.87. The molecule has 2 rings (SSSR count). The molecule has 134 valence electrons. The Balaban J connectivity index is 1.98. The summed E-state index contributed by atoms with van der Waals surface area (Å²) in [6, 6.07) is 10.1. The van der Waals surface area contributed by atoms with E-state index in [4.69, 9.17) is 23.2 Å². The highest BCUT2D eigenvalue weighted by Gasteiger charge is 2.22. The molecule has 9 heteroatoms. The summed E-state index contributed by atoms with van der Waals surface area (Å²) >= 11 is 15.1. The van der Waals surface area contributed by atoms with Crippen molar-refractivity contribution in [1.82, 2.24) is 10.0 Å². The summed E-state index contributed by atoms with van der Waals surface area (Å²) in [5.74, 6) is -0.466. The largest absolute Gasteiger partial charge is 0.351 e. The number of hydrogen-bond donors (Lipinski definition) is 2. The van der Waals surface area contributed by atoms with E-state index in [2.05, 4.69) is 26.0 Å². The van der Waals surface area contributed by atoms with Gasteiger partial charge < -0.3 is 5.32 Å². The van der Waals surface area contributed by atoms with Crippen molar-refractivity contribution in [1.29, 1.82) is 0 Å². The molecule has 0 heterocycles. The molecule has 0 radical (unpaired) electrons. The Labute approximate surface area is 164 Å². The van der Waals surface area contributed by atoms with Crippen LogP contribution in [0.4, 0.5) is 0 Å². The molecule has 2 aromatic rings. The molecule has 1 unspecified atom stereocenters. The standard InChI is InChI=1S/C16H15BrCl2N2O3S/c1-10(21-25(23,24)14-6-3-12(17)4-7-14)16(22)20-9-11-2-5-13(18)8-15(11)19/h2-8,10,21H,9H2,1H3,(H,20,22). The first-order valence-electron chi connectivity index (χ1n) is 7.18. The summed E-state index contributed by atoms with van der Waals surface area (Å²) in [4.78, 5) is 12.2. The zero-order chi connectivity index (χ0) is 18.6. The molecule has 2 aromatic carbocycles. The van der Waals surface area contributed by atoms with Crippen LogP contribution in [0.3, 0.4) is 0 Å². The second kappa shape index (κ2) is 8.51. The van der Waals surface area contributed by atoms with Gasteiger partial charge in [-0.3, -0.25) is 4.79 Å². The van der Waals surface area contributed by atoms with E-state index in [1.54, 1.807) is 30.3 Å². The van der Waals surface area contributed by atoms with E-state index in [1.165, 1.54) is 19.1 Å². The van der Waals surface area contributed by atoms with E-state index < -0.39 is 22.0 Å². The third-order valence-corrected chi connectivity index (χ3v) is 5.99. The predicted molar refractivity (Wildman–Crippen MR) is 102 cm³/mol. The number of hydrogen-bond acceptors (Lipinski definition) is 3. The molecule has 0 bridgehead atoms. The van der Waals surface area contributed by atoms with Crippen LogP contribution in [0.2, 0.25) is 10.0 Å². The number of amides is 1. The van der Waals surface area contributed by atoms with E-state index in [0.717, 1.165) is 4.47 Å². The quantitative estimate of drug-likeness (QED) is 0.682. The van der Waals surface area contributed by atoms with Gasteiger partial charge in [-0.1, -0.05) is 45.2 Å². The molecular weight excluding hydrogens is 451 g/mol. The molecule has 0 aliphatic carbocycles. The highest BCUT2D eigenvalue weighted by atomic mass is 79.9. The molecule has 0 saturated heterocycles. The van der Waals surface area contributed by atoms with Gasteiger partial charge in [0, 0.05) is 21.1 Å². The lowest BCUT2D eigenvalue weighted by molar-refractivity contribution is -0.122. The monoisotopic (exact) mass is 464 g/mol. The van der Waals surface area contributed by atoms with Crippen molar-refractivity contribution in [2.75, 3.05) is 0 Å². The van der Waals surface area contributed by atoms with Crippen LogP contribution in [0.15, 0.2) is 51.8 Å². The summed E-state index contributed by atoms with van der Waals surface area (Å²) < 4.78 is 27.7. The van der Waals surface area contributed by atoms with Gasteiger partial charge in [-0.2, -0.15) is 4.72 Å². The Morgan fingerprint density at radius 3 is 2.40 bits per heavy atom. The first-order valence-corrected chi connectivity index (χ1v) is 10.2. The molecular formula is C16H15BrCl2N2O3S. The number of nitrogens with one attached hydrogen (secondary N) is 2. The van der Waals surface area contributed by atoms with Crippen LogP contribution in [-0.2, 0) is 21.4 Å². The van der Waals surface area contributed by atoms with Crippen LogP contribution in [0, 0.1) is 0 Å². The van der Waals surface area contributed by atoms with Crippen molar-refractivity contribution < 1.29 is 13.2 Å². The van der Waals surface area contributed by atoms with Crippen molar-refractivity contribution in [3.8, 4) is 0 Å². The van der Waals surface area contributed by atoms with Crippen LogP contribution in [0.25, 0.3) is 0 Å². The highest BCUT2D eigenvalue weighted by Crippen LogP contribution is 2.20. The van der Waals surface area contributed by atoms with Gasteiger partial charge in [0.15, 0.2) is 0 Å². The molecule has 0 saturated carbocycles. The van der Waals surface area contributed by atoms with Crippen LogP contribution in [-0.4, -0.2) is 20.4 Å². The van der Waals surface area contributed by atoms with Gasteiger partial charge in [0.25, 0.3) is 0 Å². The molecule has 2 N–H and O–H groups in total. The van der Waals surface area contributed by atoms with Crippen LogP contribution >= 0.6 is 39.1 Å².